The average molecular weight is 175 g/mol. The fourth-order valence-corrected chi connectivity index (χ4v) is 1.61. The molecule has 1 aromatic carbocycles. The minimum absolute atomic E-state index is 0. The number of para-hydroxylation sites is 1. The lowest BCUT2D eigenvalue weighted by Crippen LogP contribution is -2.16. The van der Waals surface area contributed by atoms with E-state index in [9.17, 15) is 0 Å². The number of nitrogens with zero attached hydrogens (tertiary/aromatic N) is 3. The van der Waals surface area contributed by atoms with E-state index in [4.69, 9.17) is 0 Å². The van der Waals surface area contributed by atoms with Gasteiger partial charge in [-0.05, 0) is 25.0 Å². The Balaban J connectivity index is 0.000000720. The van der Waals surface area contributed by atoms with Crippen LogP contribution >= 0.6 is 0 Å². The molecule has 1 aromatic rings. The quantitative estimate of drug-likeness (QED) is 0.635. The largest absolute Gasteiger partial charge is 0.372 e. The van der Waals surface area contributed by atoms with Crippen LogP contribution in [0.2, 0.25) is 0 Å². The average Bonchev–Trinajstić information content (AvgIpc) is 2.58. The molecule has 68 valence electrons. The lowest BCUT2D eigenvalue weighted by molar-refractivity contribution is 0.949. The molecule has 0 bridgehead atoms. The number of rotatable bonds is 1. The molecule has 1 heterocycles. The van der Waals surface area contributed by atoms with Crippen molar-refractivity contribution in [3.05, 3.63) is 30.3 Å². The lowest BCUT2D eigenvalue weighted by atomic mass is 10.3. The Morgan fingerprint density at radius 3 is 1.92 bits per heavy atom. The van der Waals surface area contributed by atoms with Crippen molar-refractivity contribution in [3.63, 3.8) is 0 Å². The van der Waals surface area contributed by atoms with Crippen LogP contribution in [0.3, 0.4) is 0 Å². The van der Waals surface area contributed by atoms with Crippen molar-refractivity contribution in [2.24, 2.45) is 0 Å². The summed E-state index contributed by atoms with van der Waals surface area (Å²) in [6.07, 6.45) is 2.71. The summed E-state index contributed by atoms with van der Waals surface area (Å²) in [5, 5.41) is 0. The summed E-state index contributed by atoms with van der Waals surface area (Å²) >= 11 is 0. The van der Waals surface area contributed by atoms with Crippen molar-refractivity contribution in [2.45, 2.75) is 12.8 Å². The zero-order valence-corrected chi connectivity index (χ0v) is 7.56. The molecule has 0 atom stereocenters. The Hall–Kier alpha value is -1.06. The van der Waals surface area contributed by atoms with Gasteiger partial charge in [-0.25, -0.2) is 0 Å². The van der Waals surface area contributed by atoms with E-state index in [0.29, 0.717) is 0 Å². The summed E-state index contributed by atoms with van der Waals surface area (Å²) in [7, 11) is 0. The van der Waals surface area contributed by atoms with E-state index in [0.717, 1.165) is 0 Å². The molecule has 3 nitrogen and oxygen atoms in total. The molecule has 13 heavy (non-hydrogen) atoms. The maximum absolute atomic E-state index is 2.44. The number of anilines is 1. The minimum atomic E-state index is 0. The van der Waals surface area contributed by atoms with Crippen molar-refractivity contribution in [1.29, 1.82) is 0 Å². The number of hydrogen-bond donors (Lipinski definition) is 0. The normalized spacial score (nSPS) is 14.6. The van der Waals surface area contributed by atoms with Crippen LogP contribution in [0.25, 0.3) is 0 Å². The van der Waals surface area contributed by atoms with Gasteiger partial charge < -0.3 is 4.90 Å². The first-order valence-corrected chi connectivity index (χ1v) is 4.27. The van der Waals surface area contributed by atoms with Gasteiger partial charge in [0.25, 0.3) is 0 Å². The Kier molecular flexibility index (Phi) is 5.11. The van der Waals surface area contributed by atoms with Crippen LogP contribution in [-0.4, -0.2) is 13.1 Å². The first kappa shape index (κ1) is 11.9. The van der Waals surface area contributed by atoms with E-state index >= 15 is 0 Å². The first-order valence-electron chi connectivity index (χ1n) is 4.27. The van der Waals surface area contributed by atoms with Gasteiger partial charge in [0.05, 0.1) is 0 Å². The molecular weight excluding hydrogens is 162 g/mol. The Morgan fingerprint density at radius 1 is 0.846 bits per heavy atom. The number of benzene rings is 1. The zero-order valence-electron chi connectivity index (χ0n) is 7.56. The van der Waals surface area contributed by atoms with Crippen molar-refractivity contribution in [1.82, 2.24) is 12.3 Å². The molecule has 0 spiro atoms. The van der Waals surface area contributed by atoms with Gasteiger partial charge >= 0.3 is 0 Å². The smallest absolute Gasteiger partial charge is 0.0366 e. The van der Waals surface area contributed by atoms with E-state index in [1.165, 1.54) is 31.6 Å². The summed E-state index contributed by atoms with van der Waals surface area (Å²) in [5.41, 5.74) is 1.38. The third-order valence-electron chi connectivity index (χ3n) is 2.23. The van der Waals surface area contributed by atoms with E-state index in [2.05, 4.69) is 35.2 Å². The fourth-order valence-electron chi connectivity index (χ4n) is 1.61. The summed E-state index contributed by atoms with van der Waals surface area (Å²) in [4.78, 5) is 2.44. The van der Waals surface area contributed by atoms with E-state index < -0.39 is 0 Å². The van der Waals surface area contributed by atoms with Gasteiger partial charge in [0.2, 0.25) is 0 Å². The number of hydrogen-bond acceptors (Lipinski definition) is 1. The summed E-state index contributed by atoms with van der Waals surface area (Å²) < 4.78 is 0. The standard InChI is InChI=1S/C10H13N.2N/c1-2-6-10(7-3-1)11-8-4-5-9-11;;/h1-3,6-7H,4-5,8-9H2;;. The SMILES string of the molecule is [N].[N].c1ccc(N2CCCC2)cc1. The van der Waals surface area contributed by atoms with Crippen LogP contribution in [0, 0.1) is 0 Å². The first-order chi connectivity index (χ1) is 5.47. The van der Waals surface area contributed by atoms with Gasteiger partial charge in [-0.3, -0.25) is 0 Å². The van der Waals surface area contributed by atoms with Gasteiger partial charge in [0, 0.05) is 31.1 Å². The minimum Gasteiger partial charge on any atom is -0.372 e. The zero-order chi connectivity index (χ0) is 7.52. The monoisotopic (exact) mass is 175 g/mol. The van der Waals surface area contributed by atoms with Gasteiger partial charge in [0.15, 0.2) is 0 Å². The van der Waals surface area contributed by atoms with Crippen LogP contribution in [-0.2, 0) is 0 Å². The maximum atomic E-state index is 2.44. The van der Waals surface area contributed by atoms with E-state index in [1.807, 2.05) is 0 Å². The Bertz CT molecular complexity index is 217. The maximum Gasteiger partial charge on any atom is 0.0366 e. The molecule has 0 unspecified atom stereocenters. The highest BCUT2D eigenvalue weighted by Gasteiger charge is 2.10. The highest BCUT2D eigenvalue weighted by atomic mass is 15.1. The van der Waals surface area contributed by atoms with Gasteiger partial charge in [0.1, 0.15) is 0 Å². The molecule has 0 aliphatic carbocycles. The third-order valence-corrected chi connectivity index (χ3v) is 2.23. The molecular formula is C10H13N3. The molecule has 1 aliphatic heterocycles. The molecule has 1 fully saturated rings. The van der Waals surface area contributed by atoms with Crippen LogP contribution in [0.15, 0.2) is 30.3 Å². The Labute approximate surface area is 79.9 Å². The summed E-state index contributed by atoms with van der Waals surface area (Å²) in [5.74, 6) is 0. The lowest BCUT2D eigenvalue weighted by Gasteiger charge is -2.16. The molecule has 1 aliphatic rings. The summed E-state index contributed by atoms with van der Waals surface area (Å²) in [6.45, 7) is 2.48. The van der Waals surface area contributed by atoms with E-state index in [-0.39, 0.29) is 12.3 Å². The van der Waals surface area contributed by atoms with Crippen molar-refractivity contribution >= 4 is 5.69 Å². The third kappa shape index (κ3) is 2.72. The molecule has 0 amide bonds. The molecule has 6 radical (unpaired) electrons. The fraction of sp³-hybridized carbons (Fsp3) is 0.400. The van der Waals surface area contributed by atoms with Gasteiger partial charge in [-0.2, -0.15) is 0 Å². The second-order valence-corrected chi connectivity index (χ2v) is 3.03. The predicted molar refractivity (Wildman–Crippen MR) is 52.2 cm³/mol. The van der Waals surface area contributed by atoms with Gasteiger partial charge in [-0.1, -0.05) is 18.2 Å². The van der Waals surface area contributed by atoms with Crippen LogP contribution in [0.1, 0.15) is 12.8 Å². The second kappa shape index (κ2) is 5.56. The molecule has 0 saturated carbocycles. The van der Waals surface area contributed by atoms with E-state index in [1.54, 1.807) is 0 Å². The van der Waals surface area contributed by atoms with Crippen LogP contribution in [0.5, 0.6) is 0 Å². The highest BCUT2D eigenvalue weighted by Crippen LogP contribution is 2.18. The van der Waals surface area contributed by atoms with Gasteiger partial charge in [-0.15, -0.1) is 0 Å². The molecule has 2 rings (SSSR count). The van der Waals surface area contributed by atoms with Crippen LogP contribution < -0.4 is 17.2 Å². The van der Waals surface area contributed by atoms with Crippen LogP contribution in [0.4, 0.5) is 5.69 Å². The molecule has 3 heteroatoms. The molecule has 0 N–H and O–H groups in total. The van der Waals surface area contributed by atoms with Crippen molar-refractivity contribution < 1.29 is 0 Å². The second-order valence-electron chi connectivity index (χ2n) is 3.03. The predicted octanol–water partition coefficient (Wildman–Crippen LogP) is 1.33. The molecule has 1 saturated heterocycles. The van der Waals surface area contributed by atoms with Crippen molar-refractivity contribution in [2.75, 3.05) is 18.0 Å². The molecule has 0 aromatic heterocycles. The summed E-state index contributed by atoms with van der Waals surface area (Å²) in [6, 6.07) is 10.7. The Morgan fingerprint density at radius 2 is 1.38 bits per heavy atom. The van der Waals surface area contributed by atoms with Crippen molar-refractivity contribution in [3.8, 4) is 0 Å². The topological polar surface area (TPSA) is 64.2 Å². The highest BCUT2D eigenvalue weighted by molar-refractivity contribution is 5.46.